The van der Waals surface area contributed by atoms with Crippen LogP contribution in [0.15, 0.2) is 53.1 Å². The highest BCUT2D eigenvalue weighted by Gasteiger charge is 2.22. The lowest BCUT2D eigenvalue weighted by molar-refractivity contribution is -0.145. The molecule has 28 heavy (non-hydrogen) atoms. The van der Waals surface area contributed by atoms with Crippen LogP contribution in [0.2, 0.25) is 0 Å². The molecule has 0 aliphatic rings. The summed E-state index contributed by atoms with van der Waals surface area (Å²) in [4.78, 5) is 24.5. The van der Waals surface area contributed by atoms with Crippen molar-refractivity contribution in [3.63, 3.8) is 0 Å². The minimum atomic E-state index is -0.498. The zero-order chi connectivity index (χ0) is 20.1. The Morgan fingerprint density at radius 2 is 1.86 bits per heavy atom. The predicted octanol–water partition coefficient (Wildman–Crippen LogP) is 3.71. The monoisotopic (exact) mass is 380 g/mol. The fraction of sp³-hybridized carbons (Fsp3) is 0.318. The standard InChI is InChI=1S/C22H24N2O4/c1-14(2)19-12-20(28-24-19)21(25)23-13-18(22(26)27-3)11-15-8-9-16-6-4-5-7-17(16)10-15/h4-10,12,14,18H,11,13H2,1-3H3,(H,23,25). The number of hydrogen-bond donors (Lipinski definition) is 1. The van der Waals surface area contributed by atoms with Gasteiger partial charge in [-0.05, 0) is 28.7 Å². The van der Waals surface area contributed by atoms with Crippen molar-refractivity contribution >= 4 is 22.6 Å². The number of carbonyl (C=O) groups excluding carboxylic acids is 2. The molecule has 1 heterocycles. The van der Waals surface area contributed by atoms with E-state index in [1.807, 2.05) is 50.2 Å². The van der Waals surface area contributed by atoms with Crippen molar-refractivity contribution in [3.05, 3.63) is 65.5 Å². The molecule has 3 rings (SSSR count). The second-order valence-corrected chi connectivity index (χ2v) is 7.09. The summed E-state index contributed by atoms with van der Waals surface area (Å²) in [6.07, 6.45) is 0.464. The van der Waals surface area contributed by atoms with Gasteiger partial charge in [0.05, 0.1) is 18.7 Å². The van der Waals surface area contributed by atoms with Gasteiger partial charge >= 0.3 is 5.97 Å². The van der Waals surface area contributed by atoms with Crippen LogP contribution in [0.1, 0.15) is 41.6 Å². The van der Waals surface area contributed by atoms with Crippen molar-refractivity contribution in [1.29, 1.82) is 0 Å². The molecule has 0 fully saturated rings. The van der Waals surface area contributed by atoms with Crippen LogP contribution in [0.4, 0.5) is 0 Å². The number of methoxy groups -OCH3 is 1. The average Bonchev–Trinajstić information content (AvgIpc) is 3.21. The number of nitrogens with one attached hydrogen (secondary N) is 1. The van der Waals surface area contributed by atoms with Gasteiger partial charge < -0.3 is 14.6 Å². The summed E-state index contributed by atoms with van der Waals surface area (Å²) < 4.78 is 10.0. The third-order valence-corrected chi connectivity index (χ3v) is 4.68. The number of rotatable bonds is 7. The quantitative estimate of drug-likeness (QED) is 0.632. The number of ether oxygens (including phenoxy) is 1. The number of nitrogens with zero attached hydrogens (tertiary/aromatic N) is 1. The Kier molecular flexibility index (Phi) is 6.09. The Bertz CT molecular complexity index is 977. The number of hydrogen-bond acceptors (Lipinski definition) is 5. The second-order valence-electron chi connectivity index (χ2n) is 7.09. The van der Waals surface area contributed by atoms with Gasteiger partial charge in [0.25, 0.3) is 5.91 Å². The number of fused-ring (bicyclic) bond motifs is 1. The molecule has 6 nitrogen and oxygen atoms in total. The summed E-state index contributed by atoms with van der Waals surface area (Å²) in [5, 5.41) is 8.88. The van der Waals surface area contributed by atoms with Crippen LogP contribution in [-0.2, 0) is 16.0 Å². The fourth-order valence-electron chi connectivity index (χ4n) is 3.03. The van der Waals surface area contributed by atoms with Gasteiger partial charge in [0.1, 0.15) is 0 Å². The van der Waals surface area contributed by atoms with Gasteiger partial charge in [-0.1, -0.05) is 61.5 Å². The maximum Gasteiger partial charge on any atom is 0.310 e. The van der Waals surface area contributed by atoms with Gasteiger partial charge in [-0.3, -0.25) is 9.59 Å². The molecule has 0 radical (unpaired) electrons. The molecule has 6 heteroatoms. The number of esters is 1. The molecule has 1 amide bonds. The maximum absolute atomic E-state index is 12.3. The fourth-order valence-corrected chi connectivity index (χ4v) is 3.03. The Morgan fingerprint density at radius 1 is 1.11 bits per heavy atom. The Balaban J connectivity index is 1.69. The first kappa shape index (κ1) is 19.6. The molecule has 1 aromatic heterocycles. The third-order valence-electron chi connectivity index (χ3n) is 4.68. The topological polar surface area (TPSA) is 81.4 Å². The zero-order valence-corrected chi connectivity index (χ0v) is 16.3. The summed E-state index contributed by atoms with van der Waals surface area (Å²) in [6, 6.07) is 15.7. The largest absolute Gasteiger partial charge is 0.469 e. The highest BCUT2D eigenvalue weighted by molar-refractivity contribution is 5.91. The SMILES string of the molecule is COC(=O)C(CNC(=O)c1cc(C(C)C)no1)Cc1ccc2ccccc2c1. The first-order valence-corrected chi connectivity index (χ1v) is 9.28. The van der Waals surface area contributed by atoms with Crippen LogP contribution in [-0.4, -0.2) is 30.7 Å². The average molecular weight is 380 g/mol. The highest BCUT2D eigenvalue weighted by Crippen LogP contribution is 2.19. The summed E-state index contributed by atoms with van der Waals surface area (Å²) in [7, 11) is 1.35. The molecule has 0 aliphatic carbocycles. The van der Waals surface area contributed by atoms with Crippen molar-refractivity contribution in [1.82, 2.24) is 10.5 Å². The van der Waals surface area contributed by atoms with E-state index >= 15 is 0 Å². The van der Waals surface area contributed by atoms with E-state index in [0.29, 0.717) is 12.1 Å². The lowest BCUT2D eigenvalue weighted by Crippen LogP contribution is -2.34. The Labute approximate surface area is 163 Å². The molecule has 2 aromatic carbocycles. The molecule has 3 aromatic rings. The maximum atomic E-state index is 12.3. The molecule has 0 saturated carbocycles. The van der Waals surface area contributed by atoms with Gasteiger partial charge in [-0.2, -0.15) is 0 Å². The van der Waals surface area contributed by atoms with Crippen LogP contribution < -0.4 is 5.32 Å². The molecular weight excluding hydrogens is 356 g/mol. The molecule has 0 saturated heterocycles. The molecular formula is C22H24N2O4. The third kappa shape index (κ3) is 4.57. The van der Waals surface area contributed by atoms with Crippen LogP contribution in [0.25, 0.3) is 10.8 Å². The van der Waals surface area contributed by atoms with E-state index in [1.165, 1.54) is 7.11 Å². The number of amides is 1. The molecule has 0 spiro atoms. The van der Waals surface area contributed by atoms with Crippen LogP contribution in [0.5, 0.6) is 0 Å². The van der Waals surface area contributed by atoms with E-state index in [0.717, 1.165) is 16.3 Å². The van der Waals surface area contributed by atoms with E-state index in [-0.39, 0.29) is 24.2 Å². The number of carbonyl (C=O) groups is 2. The van der Waals surface area contributed by atoms with E-state index in [2.05, 4.69) is 16.5 Å². The summed E-state index contributed by atoms with van der Waals surface area (Å²) in [5.41, 5.74) is 1.72. The molecule has 0 aliphatic heterocycles. The first-order chi connectivity index (χ1) is 13.5. The minimum absolute atomic E-state index is 0.137. The van der Waals surface area contributed by atoms with Crippen molar-refractivity contribution in [2.24, 2.45) is 5.92 Å². The van der Waals surface area contributed by atoms with Gasteiger partial charge in [0, 0.05) is 12.6 Å². The molecule has 1 atom stereocenters. The summed E-state index contributed by atoms with van der Waals surface area (Å²) >= 11 is 0. The van der Waals surface area contributed by atoms with Gasteiger partial charge in [-0.15, -0.1) is 0 Å². The smallest absolute Gasteiger partial charge is 0.310 e. The Hall–Kier alpha value is -3.15. The lowest BCUT2D eigenvalue weighted by atomic mass is 9.97. The second kappa shape index (κ2) is 8.69. The van der Waals surface area contributed by atoms with Crippen molar-refractivity contribution < 1.29 is 18.8 Å². The summed E-state index contributed by atoms with van der Waals surface area (Å²) in [5.74, 6) is -0.956. The van der Waals surface area contributed by atoms with Crippen molar-refractivity contribution in [3.8, 4) is 0 Å². The summed E-state index contributed by atoms with van der Waals surface area (Å²) in [6.45, 7) is 4.09. The number of benzene rings is 2. The first-order valence-electron chi connectivity index (χ1n) is 9.28. The van der Waals surface area contributed by atoms with Crippen LogP contribution >= 0.6 is 0 Å². The molecule has 1 N–H and O–H groups in total. The number of aromatic nitrogens is 1. The van der Waals surface area contributed by atoms with E-state index in [4.69, 9.17) is 9.26 Å². The van der Waals surface area contributed by atoms with Gasteiger partial charge in [0.15, 0.2) is 0 Å². The van der Waals surface area contributed by atoms with E-state index < -0.39 is 11.8 Å². The van der Waals surface area contributed by atoms with Crippen LogP contribution in [0, 0.1) is 5.92 Å². The lowest BCUT2D eigenvalue weighted by Gasteiger charge is -2.15. The van der Waals surface area contributed by atoms with Crippen LogP contribution in [0.3, 0.4) is 0 Å². The van der Waals surface area contributed by atoms with E-state index in [9.17, 15) is 9.59 Å². The van der Waals surface area contributed by atoms with Gasteiger partial charge in [0.2, 0.25) is 5.76 Å². The molecule has 0 bridgehead atoms. The van der Waals surface area contributed by atoms with Gasteiger partial charge in [-0.25, -0.2) is 0 Å². The van der Waals surface area contributed by atoms with Crippen molar-refractivity contribution in [2.45, 2.75) is 26.2 Å². The van der Waals surface area contributed by atoms with Crippen molar-refractivity contribution in [2.75, 3.05) is 13.7 Å². The Morgan fingerprint density at radius 3 is 2.54 bits per heavy atom. The minimum Gasteiger partial charge on any atom is -0.469 e. The normalized spacial score (nSPS) is 12.1. The predicted molar refractivity (Wildman–Crippen MR) is 106 cm³/mol. The van der Waals surface area contributed by atoms with E-state index in [1.54, 1.807) is 6.07 Å². The molecule has 1 unspecified atom stereocenters. The highest BCUT2D eigenvalue weighted by atomic mass is 16.5. The molecule has 146 valence electrons. The zero-order valence-electron chi connectivity index (χ0n) is 16.3.